The van der Waals surface area contributed by atoms with Crippen molar-refractivity contribution in [1.29, 1.82) is 0 Å². The molecule has 3 aliphatic carbocycles. The van der Waals surface area contributed by atoms with Crippen LogP contribution in [0.2, 0.25) is 0 Å². The number of alkyl halides is 11. The predicted molar refractivity (Wildman–Crippen MR) is 102 cm³/mol. The monoisotopic (exact) mass is 534 g/mol. The molecule has 13 heteroatoms. The Labute approximate surface area is 195 Å². The van der Waals surface area contributed by atoms with Gasteiger partial charge in [-0.05, 0) is 37.5 Å². The lowest BCUT2D eigenvalue weighted by atomic mass is 9.69. The van der Waals surface area contributed by atoms with Gasteiger partial charge in [-0.15, -0.1) is 0 Å². The highest BCUT2D eigenvalue weighted by Crippen LogP contribution is 2.48. The van der Waals surface area contributed by atoms with E-state index in [2.05, 4.69) is 9.47 Å². The van der Waals surface area contributed by atoms with Crippen molar-refractivity contribution in [1.82, 2.24) is 0 Å². The number of rotatable bonds is 7. The Morgan fingerprint density at radius 1 is 0.629 bits per heavy atom. The van der Waals surface area contributed by atoms with E-state index in [1.807, 2.05) is 0 Å². The average molecular weight is 534 g/mol. The molecule has 0 radical (unpaired) electrons. The SMILES string of the molecule is FC1CC(OC(F)(F)C2C(F)CC(C3CCCCC3)CC2F)CCC1OC(F)(F)C(F)C(F)(F)F. The third kappa shape index (κ3) is 6.93. The van der Waals surface area contributed by atoms with Crippen LogP contribution in [0.4, 0.5) is 48.3 Å². The molecule has 0 amide bonds. The molecule has 3 rings (SSSR count). The zero-order chi connectivity index (χ0) is 26.2. The standard InChI is InChI=1S/C22H29F11O2/c23-14-10-13(6-7-17(14)35-22(32,33)19(26)20(27,28)29)34-21(30,31)18-15(24)8-12(9-16(18)25)11-4-2-1-3-5-11/h11-19H,1-10H2. The van der Waals surface area contributed by atoms with Crippen LogP contribution in [0.15, 0.2) is 0 Å². The molecule has 0 aromatic heterocycles. The summed E-state index contributed by atoms with van der Waals surface area (Å²) in [4.78, 5) is 0. The van der Waals surface area contributed by atoms with Crippen molar-refractivity contribution < 1.29 is 57.8 Å². The largest absolute Gasteiger partial charge is 0.428 e. The molecule has 0 N–H and O–H groups in total. The van der Waals surface area contributed by atoms with E-state index in [9.17, 15) is 48.3 Å². The summed E-state index contributed by atoms with van der Waals surface area (Å²) in [5.74, 6) is -2.72. The normalized spacial score (nSPS) is 37.3. The van der Waals surface area contributed by atoms with Crippen LogP contribution in [-0.2, 0) is 9.47 Å². The lowest BCUT2D eigenvalue weighted by molar-refractivity contribution is -0.360. The molecule has 3 saturated carbocycles. The summed E-state index contributed by atoms with van der Waals surface area (Å²) >= 11 is 0. The van der Waals surface area contributed by atoms with E-state index < -0.39 is 80.5 Å². The molecule has 0 aromatic rings. The fourth-order valence-corrected chi connectivity index (χ4v) is 5.65. The molecule has 0 aromatic carbocycles. The first-order valence-electron chi connectivity index (χ1n) is 11.9. The van der Waals surface area contributed by atoms with Crippen LogP contribution in [-0.4, -0.2) is 55.3 Å². The Morgan fingerprint density at radius 3 is 1.71 bits per heavy atom. The Morgan fingerprint density at radius 2 is 1.20 bits per heavy atom. The average Bonchev–Trinajstić information content (AvgIpc) is 2.74. The van der Waals surface area contributed by atoms with Gasteiger partial charge in [-0.2, -0.15) is 30.7 Å². The second kappa shape index (κ2) is 10.9. The van der Waals surface area contributed by atoms with E-state index in [1.165, 1.54) is 0 Å². The molecule has 2 nitrogen and oxygen atoms in total. The van der Waals surface area contributed by atoms with Crippen LogP contribution in [0.25, 0.3) is 0 Å². The first-order valence-corrected chi connectivity index (χ1v) is 11.9. The molecule has 3 fully saturated rings. The Bertz CT molecular complexity index is 671. The van der Waals surface area contributed by atoms with Gasteiger partial charge in [-0.3, -0.25) is 0 Å². The maximum absolute atomic E-state index is 14.7. The van der Waals surface area contributed by atoms with Crippen LogP contribution in [0, 0.1) is 17.8 Å². The third-order valence-corrected chi connectivity index (χ3v) is 7.42. The molecular formula is C22H29F11O2. The van der Waals surface area contributed by atoms with E-state index in [0.29, 0.717) is 0 Å². The highest BCUT2D eigenvalue weighted by atomic mass is 19.4. The topological polar surface area (TPSA) is 18.5 Å². The summed E-state index contributed by atoms with van der Waals surface area (Å²) in [6.45, 7) is 0. The van der Waals surface area contributed by atoms with Gasteiger partial charge in [0.05, 0.1) is 12.2 Å². The van der Waals surface area contributed by atoms with Gasteiger partial charge in [0.2, 0.25) is 0 Å². The van der Waals surface area contributed by atoms with Crippen molar-refractivity contribution in [3.8, 4) is 0 Å². The van der Waals surface area contributed by atoms with Gasteiger partial charge in [0.15, 0.2) is 0 Å². The van der Waals surface area contributed by atoms with Crippen LogP contribution in [0.1, 0.15) is 64.2 Å². The molecule has 6 atom stereocenters. The molecule has 0 spiro atoms. The molecule has 6 unspecified atom stereocenters. The fraction of sp³-hybridized carbons (Fsp3) is 1.00. The van der Waals surface area contributed by atoms with Crippen molar-refractivity contribution in [3.05, 3.63) is 0 Å². The zero-order valence-electron chi connectivity index (χ0n) is 18.7. The van der Waals surface area contributed by atoms with E-state index in [0.717, 1.165) is 32.1 Å². The number of halogens is 11. The molecule has 0 heterocycles. The van der Waals surface area contributed by atoms with Crippen molar-refractivity contribution in [2.75, 3.05) is 0 Å². The van der Waals surface area contributed by atoms with Gasteiger partial charge >= 0.3 is 18.4 Å². The molecule has 0 bridgehead atoms. The van der Waals surface area contributed by atoms with Crippen molar-refractivity contribution in [2.24, 2.45) is 17.8 Å². The number of hydrogen-bond donors (Lipinski definition) is 0. The first kappa shape index (κ1) is 28.7. The number of hydrogen-bond acceptors (Lipinski definition) is 2. The minimum absolute atomic E-state index is 0.0673. The van der Waals surface area contributed by atoms with E-state index in [-0.39, 0.29) is 24.7 Å². The van der Waals surface area contributed by atoms with Crippen LogP contribution in [0.3, 0.4) is 0 Å². The Balaban J connectivity index is 1.55. The Kier molecular flexibility index (Phi) is 8.92. The number of ether oxygens (including phenoxy) is 2. The highest BCUT2D eigenvalue weighted by molar-refractivity contribution is 4.94. The van der Waals surface area contributed by atoms with E-state index in [1.54, 1.807) is 0 Å². The maximum Gasteiger partial charge on any atom is 0.428 e. The summed E-state index contributed by atoms with van der Waals surface area (Å²) in [7, 11) is 0. The predicted octanol–water partition coefficient (Wildman–Crippen LogP) is 7.65. The highest BCUT2D eigenvalue weighted by Gasteiger charge is 2.60. The Hall–Kier alpha value is -0.850. The third-order valence-electron chi connectivity index (χ3n) is 7.42. The van der Waals surface area contributed by atoms with Crippen LogP contribution < -0.4 is 0 Å². The summed E-state index contributed by atoms with van der Waals surface area (Å²) in [5, 5.41) is 0. The first-order chi connectivity index (χ1) is 16.1. The minimum Gasteiger partial charge on any atom is -0.317 e. The zero-order valence-corrected chi connectivity index (χ0v) is 18.7. The van der Waals surface area contributed by atoms with Gasteiger partial charge in [0.25, 0.3) is 6.17 Å². The van der Waals surface area contributed by atoms with Gasteiger partial charge in [-0.25, -0.2) is 17.6 Å². The molecule has 35 heavy (non-hydrogen) atoms. The molecular weight excluding hydrogens is 505 g/mol. The molecule has 206 valence electrons. The van der Waals surface area contributed by atoms with Crippen molar-refractivity contribution in [3.63, 3.8) is 0 Å². The van der Waals surface area contributed by atoms with Gasteiger partial charge in [-0.1, -0.05) is 32.1 Å². The van der Waals surface area contributed by atoms with E-state index >= 15 is 0 Å². The summed E-state index contributed by atoms with van der Waals surface area (Å²) < 4.78 is 158. The maximum atomic E-state index is 14.7. The van der Waals surface area contributed by atoms with Crippen LogP contribution in [0.5, 0.6) is 0 Å². The lowest BCUT2D eigenvalue weighted by Gasteiger charge is -2.43. The second-order valence-corrected chi connectivity index (χ2v) is 9.94. The van der Waals surface area contributed by atoms with Gasteiger partial charge < -0.3 is 9.47 Å². The smallest absolute Gasteiger partial charge is 0.317 e. The van der Waals surface area contributed by atoms with Crippen LogP contribution >= 0.6 is 0 Å². The fourth-order valence-electron chi connectivity index (χ4n) is 5.65. The summed E-state index contributed by atoms with van der Waals surface area (Å²) in [5.41, 5.74) is 0. The second-order valence-electron chi connectivity index (χ2n) is 9.94. The lowest BCUT2D eigenvalue weighted by Crippen LogP contribution is -2.52. The van der Waals surface area contributed by atoms with E-state index in [4.69, 9.17) is 0 Å². The quantitative estimate of drug-likeness (QED) is 0.313. The van der Waals surface area contributed by atoms with Gasteiger partial charge in [0.1, 0.15) is 24.4 Å². The molecule has 3 aliphatic rings. The van der Waals surface area contributed by atoms with Crippen molar-refractivity contribution >= 4 is 0 Å². The van der Waals surface area contributed by atoms with Gasteiger partial charge in [0, 0.05) is 6.42 Å². The summed E-state index contributed by atoms with van der Waals surface area (Å²) in [6.07, 6.45) is -29.5. The molecule has 0 aliphatic heterocycles. The molecule has 0 saturated heterocycles. The minimum atomic E-state index is -5.96. The van der Waals surface area contributed by atoms with Crippen molar-refractivity contribution in [2.45, 2.75) is 119 Å². The summed E-state index contributed by atoms with van der Waals surface area (Å²) in [6, 6.07) is 0.